The van der Waals surface area contributed by atoms with Crippen molar-refractivity contribution in [3.63, 3.8) is 0 Å². The van der Waals surface area contributed by atoms with Crippen LogP contribution in [0.15, 0.2) is 0 Å². The number of hydrogen-bond donors (Lipinski definition) is 2. The molecule has 0 saturated heterocycles. The Hall–Kier alpha value is -0.640. The van der Waals surface area contributed by atoms with E-state index < -0.39 is 5.97 Å². The maximum Gasteiger partial charge on any atom is 0.303 e. The van der Waals surface area contributed by atoms with E-state index in [4.69, 9.17) is 5.11 Å². The van der Waals surface area contributed by atoms with Crippen molar-refractivity contribution in [2.45, 2.75) is 13.3 Å². The smallest absolute Gasteiger partial charge is 0.303 e. The zero-order chi connectivity index (χ0) is 4.28. The van der Waals surface area contributed by atoms with Crippen molar-refractivity contribution in [1.29, 1.82) is 0 Å². The van der Waals surface area contributed by atoms with Crippen LogP contribution in [-0.4, -0.2) is 11.1 Å². The van der Waals surface area contributed by atoms with Gasteiger partial charge in [-0.3, -0.25) is 9.50 Å². The van der Waals surface area contributed by atoms with Crippen LogP contribution in [0.3, 0.4) is 0 Å². The molecule has 0 unspecified atom stereocenters. The number of rotatable bonds is 1. The van der Waals surface area contributed by atoms with Gasteiger partial charge in [-0.2, -0.15) is 0 Å². The van der Waals surface area contributed by atoms with E-state index in [-0.39, 0.29) is 17.3 Å². The van der Waals surface area contributed by atoms with Crippen molar-refractivity contribution in [2.24, 2.45) is 0 Å². The van der Waals surface area contributed by atoms with Crippen LogP contribution in [0, 0.1) is 0 Å². The van der Waals surface area contributed by atoms with Crippen LogP contribution in [0.2, 0.25) is 0 Å². The van der Waals surface area contributed by atoms with Crippen LogP contribution in [0.1, 0.15) is 13.3 Å². The number of aliphatic carboxylic acids is 1. The minimum Gasteiger partial charge on any atom is -0.481 e. The average Bonchev–Trinajstić information content (AvgIpc) is 1.38. The third kappa shape index (κ3) is 32.7. The highest BCUT2D eigenvalue weighted by molar-refractivity contribution is 5.66. The van der Waals surface area contributed by atoms with Gasteiger partial charge >= 0.3 is 5.97 Å². The average molecular weight is 111 g/mol. The predicted molar refractivity (Wildman–Crippen MR) is 25.5 cm³/mol. The van der Waals surface area contributed by atoms with Crippen LogP contribution in [0.4, 0.5) is 4.70 Å². The van der Waals surface area contributed by atoms with E-state index in [2.05, 4.69) is 0 Å². The predicted octanol–water partition coefficient (Wildman–Crippen LogP) is 0.795. The first-order valence-corrected chi connectivity index (χ1v) is 1.49. The quantitative estimate of drug-likeness (QED) is 0.525. The van der Waals surface area contributed by atoms with Crippen LogP contribution in [-0.2, 0) is 4.79 Å². The molecule has 0 aliphatic rings. The first kappa shape index (κ1) is 16.2. The molecule has 0 atom stereocenters. The topological polar surface area (TPSA) is 72.3 Å². The lowest BCUT2D eigenvalue weighted by Gasteiger charge is -1.71. The molecular formula is C3H10FNO2. The molecule has 0 aromatic heterocycles. The van der Waals surface area contributed by atoms with Crippen LogP contribution >= 0.6 is 0 Å². The van der Waals surface area contributed by atoms with E-state index >= 15 is 0 Å². The van der Waals surface area contributed by atoms with Gasteiger partial charge in [0.2, 0.25) is 0 Å². The molecule has 0 bridgehead atoms. The Morgan fingerprint density at radius 3 is 1.86 bits per heavy atom. The molecule has 0 amide bonds. The van der Waals surface area contributed by atoms with Crippen molar-refractivity contribution in [2.75, 3.05) is 0 Å². The molecule has 0 aromatic rings. The molecule has 0 saturated carbocycles. The van der Waals surface area contributed by atoms with Crippen molar-refractivity contribution in [3.8, 4) is 0 Å². The Morgan fingerprint density at radius 1 is 1.71 bits per heavy atom. The molecule has 4 N–H and O–H groups in total. The highest BCUT2D eigenvalue weighted by atomic mass is 19.0. The Balaban J connectivity index is -0.0000000800. The molecule has 0 radical (unpaired) electrons. The highest BCUT2D eigenvalue weighted by Crippen LogP contribution is 1.67. The SMILES string of the molecule is CCC(=O)O.F.N. The van der Waals surface area contributed by atoms with Gasteiger partial charge < -0.3 is 11.3 Å². The Labute approximate surface area is 41.3 Å². The summed E-state index contributed by atoms with van der Waals surface area (Å²) in [5.74, 6) is -0.745. The lowest BCUT2D eigenvalue weighted by Crippen LogP contribution is -1.86. The van der Waals surface area contributed by atoms with Crippen molar-refractivity contribution in [3.05, 3.63) is 0 Å². The van der Waals surface area contributed by atoms with E-state index in [1.165, 1.54) is 0 Å². The molecule has 0 aliphatic heterocycles. The molecule has 0 spiro atoms. The van der Waals surface area contributed by atoms with Crippen LogP contribution in [0.5, 0.6) is 0 Å². The molecular weight excluding hydrogens is 101 g/mol. The Kier molecular flexibility index (Phi) is 20.9. The molecule has 0 fully saturated rings. The summed E-state index contributed by atoms with van der Waals surface area (Å²) in [6.45, 7) is 1.60. The largest absolute Gasteiger partial charge is 0.481 e. The number of carbonyl (C=O) groups is 1. The van der Waals surface area contributed by atoms with Gasteiger partial charge in [0, 0.05) is 6.42 Å². The lowest BCUT2D eigenvalue weighted by atomic mass is 10.5. The fourth-order valence-corrected chi connectivity index (χ4v) is 0. The second-order valence-electron chi connectivity index (χ2n) is 0.747. The minimum atomic E-state index is -0.745. The minimum absolute atomic E-state index is 0. The first-order valence-electron chi connectivity index (χ1n) is 1.49. The molecule has 0 aliphatic carbocycles. The van der Waals surface area contributed by atoms with E-state index in [0.29, 0.717) is 0 Å². The van der Waals surface area contributed by atoms with Gasteiger partial charge in [0.05, 0.1) is 0 Å². The van der Waals surface area contributed by atoms with Gasteiger partial charge in [0.15, 0.2) is 0 Å². The summed E-state index contributed by atoms with van der Waals surface area (Å²) in [6, 6.07) is 0. The summed E-state index contributed by atoms with van der Waals surface area (Å²) < 4.78 is 0. The van der Waals surface area contributed by atoms with Gasteiger partial charge in [-0.15, -0.1) is 0 Å². The van der Waals surface area contributed by atoms with Crippen molar-refractivity contribution < 1.29 is 14.6 Å². The third-order valence-electron chi connectivity index (χ3n) is 0.302. The van der Waals surface area contributed by atoms with E-state index in [1.54, 1.807) is 6.92 Å². The normalized spacial score (nSPS) is 5.29. The number of carboxylic acids is 1. The molecule has 7 heavy (non-hydrogen) atoms. The van der Waals surface area contributed by atoms with E-state index in [0.717, 1.165) is 0 Å². The van der Waals surface area contributed by atoms with Crippen molar-refractivity contribution >= 4 is 5.97 Å². The summed E-state index contributed by atoms with van der Waals surface area (Å²) >= 11 is 0. The van der Waals surface area contributed by atoms with Gasteiger partial charge in [-0.25, -0.2) is 0 Å². The molecule has 3 nitrogen and oxygen atoms in total. The van der Waals surface area contributed by atoms with Gasteiger partial charge in [0.1, 0.15) is 0 Å². The molecule has 0 rings (SSSR count). The first-order chi connectivity index (χ1) is 2.27. The zero-order valence-electron chi connectivity index (χ0n) is 4.18. The Bertz CT molecular complexity index is 48.2. The van der Waals surface area contributed by atoms with Gasteiger partial charge in [-0.05, 0) is 0 Å². The molecule has 46 valence electrons. The maximum absolute atomic E-state index is 9.37. The summed E-state index contributed by atoms with van der Waals surface area (Å²) in [5.41, 5.74) is 0. The van der Waals surface area contributed by atoms with E-state index in [9.17, 15) is 4.79 Å². The molecule has 0 aromatic carbocycles. The number of halogens is 1. The van der Waals surface area contributed by atoms with Gasteiger partial charge in [-0.1, -0.05) is 6.92 Å². The molecule has 4 heteroatoms. The fraction of sp³-hybridized carbons (Fsp3) is 0.667. The lowest BCUT2D eigenvalue weighted by molar-refractivity contribution is -0.136. The van der Waals surface area contributed by atoms with Crippen LogP contribution < -0.4 is 6.15 Å². The number of carboxylic acid groups (broad SMARTS) is 1. The summed E-state index contributed by atoms with van der Waals surface area (Å²) in [5, 5.41) is 7.72. The second kappa shape index (κ2) is 9.03. The van der Waals surface area contributed by atoms with E-state index in [1.807, 2.05) is 0 Å². The summed E-state index contributed by atoms with van der Waals surface area (Å²) in [4.78, 5) is 9.37. The van der Waals surface area contributed by atoms with Gasteiger partial charge in [0.25, 0.3) is 0 Å². The third-order valence-corrected chi connectivity index (χ3v) is 0.302. The van der Waals surface area contributed by atoms with Crippen LogP contribution in [0.25, 0.3) is 0 Å². The Morgan fingerprint density at radius 2 is 1.86 bits per heavy atom. The summed E-state index contributed by atoms with van der Waals surface area (Å²) in [7, 11) is 0. The maximum atomic E-state index is 9.37. The summed E-state index contributed by atoms with van der Waals surface area (Å²) in [6.07, 6.45) is 0.222. The zero-order valence-corrected chi connectivity index (χ0v) is 4.18. The monoisotopic (exact) mass is 111 g/mol. The number of hydrogen-bond acceptors (Lipinski definition) is 2. The second-order valence-corrected chi connectivity index (χ2v) is 0.747. The van der Waals surface area contributed by atoms with Crippen molar-refractivity contribution in [1.82, 2.24) is 6.15 Å². The highest BCUT2D eigenvalue weighted by Gasteiger charge is 1.80. The fourth-order valence-electron chi connectivity index (χ4n) is 0. The molecule has 0 heterocycles. The standard InChI is InChI=1S/C3H6O2.FH.H3N/c1-2-3(4)5;;/h2H2,1H3,(H,4,5);1H;1H3.